The lowest BCUT2D eigenvalue weighted by molar-refractivity contribution is -0.115. The highest BCUT2D eigenvalue weighted by Crippen LogP contribution is 2.30. The number of halogens is 2. The van der Waals surface area contributed by atoms with Crippen LogP contribution in [0.5, 0.6) is 5.75 Å². The molecule has 12 heteroatoms. The maximum atomic E-state index is 13.5. The van der Waals surface area contributed by atoms with Gasteiger partial charge in [0, 0.05) is 42.7 Å². The number of hydrogen-bond donors (Lipinski definition) is 3. The number of anilines is 2. The number of hydrogen-bond acceptors (Lipinski definition) is 7. The molecule has 1 aromatic heterocycles. The summed E-state index contributed by atoms with van der Waals surface area (Å²) in [5.41, 5.74) is 2.84. The molecule has 0 spiro atoms. The molecule has 0 aliphatic rings. The fourth-order valence-electron chi connectivity index (χ4n) is 4.40. The van der Waals surface area contributed by atoms with Crippen LogP contribution in [0.25, 0.3) is 17.3 Å². The number of benzene rings is 4. The second-order valence-corrected chi connectivity index (χ2v) is 13.3. The molecule has 0 aliphatic carbocycles. The average molecular weight is 718 g/mol. The van der Waals surface area contributed by atoms with Gasteiger partial charge < -0.3 is 20.7 Å². The SMILES string of the molecule is CCOc1ccc(-c2csc(NC(=O)C(C)Sc3cccc(NC(=O)/C(=C\c4c(Cl)cccc4Cl)NC(=O)c4ccccc4)c3)n2)cc1. The van der Waals surface area contributed by atoms with Crippen LogP contribution in [-0.2, 0) is 9.59 Å². The monoisotopic (exact) mass is 716 g/mol. The van der Waals surface area contributed by atoms with Crippen molar-refractivity contribution in [3.63, 3.8) is 0 Å². The molecule has 4 aromatic carbocycles. The largest absolute Gasteiger partial charge is 0.494 e. The molecule has 0 fully saturated rings. The quantitative estimate of drug-likeness (QED) is 0.0878. The number of aromatic nitrogens is 1. The van der Waals surface area contributed by atoms with Crippen LogP contribution in [0.4, 0.5) is 10.8 Å². The number of thioether (sulfide) groups is 1. The molecule has 244 valence electrons. The Bertz CT molecular complexity index is 1930. The molecular weight excluding hydrogens is 687 g/mol. The topological polar surface area (TPSA) is 109 Å². The van der Waals surface area contributed by atoms with Crippen LogP contribution >= 0.6 is 46.3 Å². The van der Waals surface area contributed by atoms with E-state index in [-0.39, 0.29) is 11.6 Å². The highest BCUT2D eigenvalue weighted by Gasteiger charge is 2.19. The summed E-state index contributed by atoms with van der Waals surface area (Å²) in [6, 6.07) is 28.2. The van der Waals surface area contributed by atoms with E-state index < -0.39 is 17.1 Å². The van der Waals surface area contributed by atoms with Gasteiger partial charge in [-0.25, -0.2) is 4.98 Å². The highest BCUT2D eigenvalue weighted by atomic mass is 35.5. The lowest BCUT2D eigenvalue weighted by Crippen LogP contribution is -2.30. The van der Waals surface area contributed by atoms with E-state index in [1.54, 1.807) is 73.7 Å². The normalized spacial score (nSPS) is 11.8. The van der Waals surface area contributed by atoms with Gasteiger partial charge in [0.2, 0.25) is 5.91 Å². The van der Waals surface area contributed by atoms with Crippen molar-refractivity contribution in [2.45, 2.75) is 24.0 Å². The van der Waals surface area contributed by atoms with Gasteiger partial charge in [-0.15, -0.1) is 23.1 Å². The number of carbonyl (C=O) groups excluding carboxylic acids is 3. The Labute approximate surface area is 296 Å². The van der Waals surface area contributed by atoms with Gasteiger partial charge in [-0.1, -0.05) is 53.5 Å². The van der Waals surface area contributed by atoms with E-state index in [1.165, 1.54) is 29.2 Å². The average Bonchev–Trinajstić information content (AvgIpc) is 3.55. The molecule has 5 aromatic rings. The third-order valence-corrected chi connectivity index (χ3v) is 9.30. The molecule has 1 heterocycles. The third kappa shape index (κ3) is 9.26. The van der Waals surface area contributed by atoms with Crippen molar-refractivity contribution in [2.24, 2.45) is 0 Å². The van der Waals surface area contributed by atoms with Gasteiger partial charge in [-0.3, -0.25) is 14.4 Å². The Morgan fingerprint density at radius 1 is 0.917 bits per heavy atom. The van der Waals surface area contributed by atoms with Gasteiger partial charge in [0.25, 0.3) is 11.8 Å². The van der Waals surface area contributed by atoms with Crippen LogP contribution in [0.15, 0.2) is 113 Å². The van der Waals surface area contributed by atoms with Crippen LogP contribution in [-0.4, -0.2) is 34.6 Å². The van der Waals surface area contributed by atoms with E-state index in [2.05, 4.69) is 20.9 Å². The fraction of sp³-hybridized carbons (Fsp3) is 0.111. The van der Waals surface area contributed by atoms with Crippen LogP contribution in [0.1, 0.15) is 29.8 Å². The predicted octanol–water partition coefficient (Wildman–Crippen LogP) is 9.04. The first-order chi connectivity index (χ1) is 23.2. The second-order valence-electron chi connectivity index (χ2n) is 10.2. The summed E-state index contributed by atoms with van der Waals surface area (Å²) in [5, 5.41) is 11.0. The summed E-state index contributed by atoms with van der Waals surface area (Å²) >= 11 is 15.4. The Balaban J connectivity index is 1.25. The summed E-state index contributed by atoms with van der Waals surface area (Å²) in [7, 11) is 0. The van der Waals surface area contributed by atoms with Crippen molar-refractivity contribution in [1.29, 1.82) is 0 Å². The van der Waals surface area contributed by atoms with Gasteiger partial charge in [-0.2, -0.15) is 0 Å². The van der Waals surface area contributed by atoms with E-state index in [1.807, 2.05) is 42.6 Å². The summed E-state index contributed by atoms with van der Waals surface area (Å²) in [6.07, 6.45) is 1.44. The molecule has 0 aliphatic heterocycles. The van der Waals surface area contributed by atoms with Crippen molar-refractivity contribution in [3.05, 3.63) is 129 Å². The molecule has 0 saturated heterocycles. The van der Waals surface area contributed by atoms with E-state index in [0.29, 0.717) is 38.6 Å². The van der Waals surface area contributed by atoms with E-state index >= 15 is 0 Å². The summed E-state index contributed by atoms with van der Waals surface area (Å²) < 4.78 is 5.50. The van der Waals surface area contributed by atoms with Gasteiger partial charge in [-0.05, 0) is 86.7 Å². The summed E-state index contributed by atoms with van der Waals surface area (Å²) in [6.45, 7) is 4.32. The zero-order chi connectivity index (χ0) is 34.0. The Kier molecular flexibility index (Phi) is 11.9. The molecule has 0 radical (unpaired) electrons. The number of nitrogens with zero attached hydrogens (tertiary/aromatic N) is 1. The van der Waals surface area contributed by atoms with Crippen LogP contribution in [0, 0.1) is 0 Å². The first-order valence-electron chi connectivity index (χ1n) is 14.8. The van der Waals surface area contributed by atoms with Crippen molar-refractivity contribution in [1.82, 2.24) is 10.3 Å². The second kappa shape index (κ2) is 16.5. The Hall–Kier alpha value is -4.61. The van der Waals surface area contributed by atoms with E-state index in [9.17, 15) is 14.4 Å². The number of thiazole rings is 1. The molecule has 48 heavy (non-hydrogen) atoms. The predicted molar refractivity (Wildman–Crippen MR) is 196 cm³/mol. The smallest absolute Gasteiger partial charge is 0.272 e. The number of rotatable bonds is 12. The zero-order valence-electron chi connectivity index (χ0n) is 25.8. The molecule has 0 saturated carbocycles. The van der Waals surface area contributed by atoms with Crippen LogP contribution in [0.2, 0.25) is 10.0 Å². The fourth-order valence-corrected chi connectivity index (χ4v) is 6.55. The van der Waals surface area contributed by atoms with Gasteiger partial charge >= 0.3 is 0 Å². The van der Waals surface area contributed by atoms with E-state index in [0.717, 1.165) is 21.9 Å². The molecular formula is C36H30Cl2N4O4S2. The standard InChI is InChI=1S/C36H30Cl2N4O4S2/c1-3-46-26-17-15-23(16-18-26)32-21-47-36(41-32)42-33(43)22(2)48-27-12-7-11-25(19-27)39-35(45)31(20-28-29(37)13-8-14-30(28)38)40-34(44)24-9-5-4-6-10-24/h4-22H,3H2,1-2H3,(H,39,45)(H,40,44)(H,41,42,43)/b31-20+. The van der Waals surface area contributed by atoms with Crippen LogP contribution < -0.4 is 20.7 Å². The Morgan fingerprint density at radius 2 is 1.62 bits per heavy atom. The van der Waals surface area contributed by atoms with Crippen LogP contribution in [0.3, 0.4) is 0 Å². The minimum atomic E-state index is -0.588. The molecule has 3 N–H and O–H groups in total. The number of amides is 3. The molecule has 8 nitrogen and oxygen atoms in total. The first kappa shape index (κ1) is 34.7. The van der Waals surface area contributed by atoms with Crippen molar-refractivity contribution >= 4 is 80.9 Å². The third-order valence-electron chi connectivity index (χ3n) is 6.79. The molecule has 1 atom stereocenters. The van der Waals surface area contributed by atoms with Gasteiger partial charge in [0.05, 0.1) is 17.6 Å². The van der Waals surface area contributed by atoms with Crippen molar-refractivity contribution < 1.29 is 19.1 Å². The number of nitrogens with one attached hydrogen (secondary N) is 3. The Morgan fingerprint density at radius 3 is 2.33 bits per heavy atom. The summed E-state index contributed by atoms with van der Waals surface area (Å²) in [5.74, 6) is -0.493. The first-order valence-corrected chi connectivity index (χ1v) is 17.3. The zero-order valence-corrected chi connectivity index (χ0v) is 29.0. The minimum absolute atomic E-state index is 0.0577. The number of ether oxygens (including phenoxy) is 1. The van der Waals surface area contributed by atoms with E-state index in [4.69, 9.17) is 27.9 Å². The maximum absolute atomic E-state index is 13.5. The molecule has 0 bridgehead atoms. The van der Waals surface area contributed by atoms with Gasteiger partial charge in [0.15, 0.2) is 5.13 Å². The summed E-state index contributed by atoms with van der Waals surface area (Å²) in [4.78, 5) is 44.9. The minimum Gasteiger partial charge on any atom is -0.494 e. The van der Waals surface area contributed by atoms with Crippen molar-refractivity contribution in [2.75, 3.05) is 17.2 Å². The number of carbonyl (C=O) groups is 3. The van der Waals surface area contributed by atoms with Crippen molar-refractivity contribution in [3.8, 4) is 17.0 Å². The lowest BCUT2D eigenvalue weighted by atomic mass is 10.1. The molecule has 3 amide bonds. The maximum Gasteiger partial charge on any atom is 0.272 e. The highest BCUT2D eigenvalue weighted by molar-refractivity contribution is 8.00. The molecule has 5 rings (SSSR count). The lowest BCUT2D eigenvalue weighted by Gasteiger charge is -2.14. The van der Waals surface area contributed by atoms with Gasteiger partial charge in [0.1, 0.15) is 11.4 Å². The molecule has 1 unspecified atom stereocenters.